The largest absolute Gasteiger partial charge is 0.457 e. The molecule has 2 aromatic carbocycles. The highest BCUT2D eigenvalue weighted by atomic mass is 19.4. The zero-order chi connectivity index (χ0) is 19.6. The molecule has 0 aliphatic carbocycles. The molecule has 3 aromatic rings. The number of nitrogens with zero attached hydrogens (tertiary/aromatic N) is 1. The van der Waals surface area contributed by atoms with Gasteiger partial charge in [-0.2, -0.15) is 13.2 Å². The molecule has 0 aliphatic rings. The minimum Gasteiger partial charge on any atom is -0.457 e. The molecule has 1 aromatic heterocycles. The number of hydrogen-bond donors (Lipinski definition) is 1. The van der Waals surface area contributed by atoms with Crippen molar-refractivity contribution >= 4 is 16.8 Å². The number of amides is 1. The third-order valence-corrected chi connectivity index (χ3v) is 3.79. The maximum Gasteiger partial charge on any atom is 0.416 e. The molecular weight excluding hydrogens is 357 g/mol. The summed E-state index contributed by atoms with van der Waals surface area (Å²) < 4.78 is 43.7. The van der Waals surface area contributed by atoms with Crippen molar-refractivity contribution in [1.82, 2.24) is 10.3 Å². The van der Waals surface area contributed by atoms with Crippen molar-refractivity contribution in [2.24, 2.45) is 0 Å². The smallest absolute Gasteiger partial charge is 0.416 e. The third-order valence-electron chi connectivity index (χ3n) is 3.79. The van der Waals surface area contributed by atoms with E-state index in [-0.39, 0.29) is 17.7 Å². The van der Waals surface area contributed by atoms with Crippen LogP contribution in [-0.4, -0.2) is 16.9 Å². The molecule has 1 N–H and O–H groups in total. The lowest BCUT2D eigenvalue weighted by Gasteiger charge is -2.12. The number of carbonyl (C=O) groups excluding carboxylic acids is 1. The number of pyridine rings is 1. The van der Waals surface area contributed by atoms with Crippen LogP contribution in [0.5, 0.6) is 11.5 Å². The number of halogens is 3. The standard InChI is InChI=1S/C20H17F3N2O2/c1-12(2)25-19(26)13-3-8-16-17(11-13)24-10-9-18(16)27-15-6-4-14(5-7-15)20(21,22)23/h3-12H,1-2H3,(H,25,26). The van der Waals surface area contributed by atoms with Gasteiger partial charge in [0, 0.05) is 23.2 Å². The van der Waals surface area contributed by atoms with E-state index < -0.39 is 11.7 Å². The predicted molar refractivity (Wildman–Crippen MR) is 95.9 cm³/mol. The van der Waals surface area contributed by atoms with Crippen LogP contribution in [0.1, 0.15) is 29.8 Å². The van der Waals surface area contributed by atoms with Gasteiger partial charge in [0.2, 0.25) is 0 Å². The van der Waals surface area contributed by atoms with Crippen LogP contribution in [-0.2, 0) is 6.18 Å². The summed E-state index contributed by atoms with van der Waals surface area (Å²) in [4.78, 5) is 16.4. The van der Waals surface area contributed by atoms with Crippen LogP contribution in [0.3, 0.4) is 0 Å². The second kappa shape index (κ2) is 7.26. The number of alkyl halides is 3. The molecule has 3 rings (SSSR count). The quantitative estimate of drug-likeness (QED) is 0.684. The van der Waals surface area contributed by atoms with Gasteiger partial charge in [-0.25, -0.2) is 0 Å². The molecule has 0 radical (unpaired) electrons. The van der Waals surface area contributed by atoms with Crippen molar-refractivity contribution in [3.8, 4) is 11.5 Å². The topological polar surface area (TPSA) is 51.2 Å². The number of aromatic nitrogens is 1. The van der Waals surface area contributed by atoms with E-state index in [2.05, 4.69) is 10.3 Å². The van der Waals surface area contributed by atoms with Crippen molar-refractivity contribution in [3.05, 3.63) is 65.9 Å². The van der Waals surface area contributed by atoms with Crippen LogP contribution in [0.4, 0.5) is 13.2 Å². The Balaban J connectivity index is 1.88. The van der Waals surface area contributed by atoms with Crippen LogP contribution in [0.15, 0.2) is 54.7 Å². The highest BCUT2D eigenvalue weighted by Crippen LogP contribution is 2.33. The molecule has 27 heavy (non-hydrogen) atoms. The lowest BCUT2D eigenvalue weighted by molar-refractivity contribution is -0.137. The van der Waals surface area contributed by atoms with Crippen molar-refractivity contribution in [1.29, 1.82) is 0 Å². The number of carbonyl (C=O) groups is 1. The van der Waals surface area contributed by atoms with Gasteiger partial charge < -0.3 is 10.1 Å². The first-order chi connectivity index (χ1) is 12.7. The van der Waals surface area contributed by atoms with Gasteiger partial charge in [0.05, 0.1) is 11.1 Å². The molecule has 0 atom stereocenters. The molecule has 140 valence electrons. The fourth-order valence-corrected chi connectivity index (χ4v) is 2.54. The first-order valence-electron chi connectivity index (χ1n) is 8.29. The summed E-state index contributed by atoms with van der Waals surface area (Å²) >= 11 is 0. The van der Waals surface area contributed by atoms with Gasteiger partial charge >= 0.3 is 6.18 Å². The number of rotatable bonds is 4. The van der Waals surface area contributed by atoms with E-state index >= 15 is 0 Å². The molecular formula is C20H17F3N2O2. The monoisotopic (exact) mass is 374 g/mol. The van der Waals surface area contributed by atoms with Gasteiger partial charge in [-0.3, -0.25) is 9.78 Å². The van der Waals surface area contributed by atoms with Gasteiger partial charge in [0.25, 0.3) is 5.91 Å². The Kier molecular flexibility index (Phi) is 5.03. The Morgan fingerprint density at radius 1 is 1.07 bits per heavy atom. The first-order valence-corrected chi connectivity index (χ1v) is 8.29. The zero-order valence-electron chi connectivity index (χ0n) is 14.7. The summed E-state index contributed by atoms with van der Waals surface area (Å²) in [5, 5.41) is 3.46. The predicted octanol–water partition coefficient (Wildman–Crippen LogP) is 5.18. The Morgan fingerprint density at radius 3 is 2.41 bits per heavy atom. The van der Waals surface area contributed by atoms with Crippen molar-refractivity contribution in [2.75, 3.05) is 0 Å². The van der Waals surface area contributed by atoms with Crippen LogP contribution in [0.2, 0.25) is 0 Å². The molecule has 0 unspecified atom stereocenters. The first kappa shape index (κ1) is 18.7. The molecule has 0 bridgehead atoms. The van der Waals surface area contributed by atoms with Gasteiger partial charge in [-0.05, 0) is 62.4 Å². The summed E-state index contributed by atoms with van der Waals surface area (Å²) in [6.07, 6.45) is -2.87. The number of fused-ring (bicyclic) bond motifs is 1. The Bertz CT molecular complexity index is 967. The Labute approximate surface area is 154 Å². The summed E-state index contributed by atoms with van der Waals surface area (Å²) in [5.41, 5.74) is 0.279. The number of hydrogen-bond acceptors (Lipinski definition) is 3. The molecule has 0 aliphatic heterocycles. The molecule has 0 saturated heterocycles. The normalized spacial score (nSPS) is 11.6. The third kappa shape index (κ3) is 4.36. The van der Waals surface area contributed by atoms with E-state index in [0.717, 1.165) is 12.1 Å². The molecule has 0 spiro atoms. The summed E-state index contributed by atoms with van der Waals surface area (Å²) in [7, 11) is 0. The lowest BCUT2D eigenvalue weighted by atomic mass is 10.1. The van der Waals surface area contributed by atoms with E-state index in [0.29, 0.717) is 22.2 Å². The summed E-state index contributed by atoms with van der Waals surface area (Å²) in [5.74, 6) is 0.510. The second-order valence-electron chi connectivity index (χ2n) is 6.29. The van der Waals surface area contributed by atoms with Crippen molar-refractivity contribution in [3.63, 3.8) is 0 Å². The van der Waals surface area contributed by atoms with Crippen molar-refractivity contribution in [2.45, 2.75) is 26.1 Å². The van der Waals surface area contributed by atoms with E-state index in [1.54, 1.807) is 24.3 Å². The average Bonchev–Trinajstić information content (AvgIpc) is 2.60. The maximum absolute atomic E-state index is 12.7. The van der Waals surface area contributed by atoms with Gasteiger partial charge in [0.1, 0.15) is 11.5 Å². The molecule has 4 nitrogen and oxygen atoms in total. The van der Waals surface area contributed by atoms with Crippen LogP contribution < -0.4 is 10.1 Å². The fourth-order valence-electron chi connectivity index (χ4n) is 2.54. The van der Waals surface area contributed by atoms with E-state index in [1.165, 1.54) is 18.3 Å². The van der Waals surface area contributed by atoms with Gasteiger partial charge in [0.15, 0.2) is 0 Å². The minimum absolute atomic E-state index is 0.00972. The second-order valence-corrected chi connectivity index (χ2v) is 6.29. The fraction of sp³-hybridized carbons (Fsp3) is 0.200. The van der Waals surface area contributed by atoms with E-state index in [1.807, 2.05) is 13.8 Å². The van der Waals surface area contributed by atoms with Gasteiger partial charge in [-0.15, -0.1) is 0 Å². The van der Waals surface area contributed by atoms with Gasteiger partial charge in [-0.1, -0.05) is 0 Å². The molecule has 0 fully saturated rings. The van der Waals surface area contributed by atoms with Crippen LogP contribution >= 0.6 is 0 Å². The van der Waals surface area contributed by atoms with Crippen molar-refractivity contribution < 1.29 is 22.7 Å². The lowest BCUT2D eigenvalue weighted by Crippen LogP contribution is -2.29. The number of benzene rings is 2. The SMILES string of the molecule is CC(C)NC(=O)c1ccc2c(Oc3ccc(C(F)(F)F)cc3)ccnc2c1. The number of ether oxygens (including phenoxy) is 1. The Morgan fingerprint density at radius 2 is 1.78 bits per heavy atom. The van der Waals surface area contributed by atoms with E-state index in [9.17, 15) is 18.0 Å². The zero-order valence-corrected chi connectivity index (χ0v) is 14.7. The Hall–Kier alpha value is -3.09. The van der Waals surface area contributed by atoms with Crippen LogP contribution in [0.25, 0.3) is 10.9 Å². The molecule has 1 amide bonds. The summed E-state index contributed by atoms with van der Waals surface area (Å²) in [6.45, 7) is 3.74. The molecule has 0 saturated carbocycles. The molecule has 1 heterocycles. The average molecular weight is 374 g/mol. The van der Waals surface area contributed by atoms with E-state index in [4.69, 9.17) is 4.74 Å². The highest BCUT2D eigenvalue weighted by molar-refractivity contribution is 5.98. The number of nitrogens with one attached hydrogen (secondary N) is 1. The molecule has 7 heteroatoms. The minimum atomic E-state index is -4.39. The summed E-state index contributed by atoms with van der Waals surface area (Å²) in [6, 6.07) is 11.1. The highest BCUT2D eigenvalue weighted by Gasteiger charge is 2.30. The van der Waals surface area contributed by atoms with Crippen LogP contribution in [0, 0.1) is 0 Å². The maximum atomic E-state index is 12.7.